The van der Waals surface area contributed by atoms with Gasteiger partial charge < -0.3 is 10.1 Å². The first-order valence-corrected chi connectivity index (χ1v) is 7.70. The molecular weight excluding hydrogens is 308 g/mol. The molecule has 2 aromatic rings. The Kier molecular flexibility index (Phi) is 4.85. The third-order valence-electron chi connectivity index (χ3n) is 2.51. The zero-order valence-electron chi connectivity index (χ0n) is 12.1. The first-order chi connectivity index (χ1) is 9.83. The van der Waals surface area contributed by atoms with Crippen LogP contribution in [0.1, 0.15) is 36.0 Å². The lowest BCUT2D eigenvalue weighted by molar-refractivity contribution is 0.00696. The second-order valence-electron chi connectivity index (χ2n) is 5.51. The number of halogens is 1. The van der Waals surface area contributed by atoms with Crippen LogP contribution in [0, 0.1) is 0 Å². The van der Waals surface area contributed by atoms with Crippen LogP contribution in [-0.2, 0) is 11.3 Å². The van der Waals surface area contributed by atoms with E-state index in [9.17, 15) is 4.79 Å². The van der Waals surface area contributed by atoms with Gasteiger partial charge in [-0.2, -0.15) is 0 Å². The minimum absolute atomic E-state index is 0.316. The molecule has 1 aromatic heterocycles. The Morgan fingerprint density at radius 3 is 2.52 bits per heavy atom. The Hall–Kier alpha value is -1.59. The van der Waals surface area contributed by atoms with Gasteiger partial charge in [0.05, 0.1) is 12.1 Å². The molecule has 6 heteroatoms. The number of thiazole rings is 1. The standard InChI is InChI=1S/C15H17ClN2O2S/c1-15(2,3)20-13(19)10-4-6-11(7-5-10)17-8-12-9-18-14(16)21-12/h4-7,9,17H,8H2,1-3H3. The third-order valence-corrected chi connectivity index (χ3v) is 3.63. The Balaban J connectivity index is 1.94. The normalized spacial score (nSPS) is 11.2. The molecule has 0 amide bonds. The fraction of sp³-hybridized carbons (Fsp3) is 0.333. The zero-order valence-corrected chi connectivity index (χ0v) is 13.7. The molecule has 0 aliphatic heterocycles. The smallest absolute Gasteiger partial charge is 0.338 e. The van der Waals surface area contributed by atoms with Crippen LogP contribution >= 0.6 is 22.9 Å². The number of nitrogens with zero attached hydrogens (tertiary/aromatic N) is 1. The highest BCUT2D eigenvalue weighted by atomic mass is 35.5. The van der Waals surface area contributed by atoms with Gasteiger partial charge in [-0.3, -0.25) is 0 Å². The summed E-state index contributed by atoms with van der Waals surface area (Å²) in [5, 5.41) is 3.25. The topological polar surface area (TPSA) is 51.2 Å². The van der Waals surface area contributed by atoms with Gasteiger partial charge in [-0.15, -0.1) is 11.3 Å². The number of ether oxygens (including phenoxy) is 1. The summed E-state index contributed by atoms with van der Waals surface area (Å²) in [4.78, 5) is 16.9. The van der Waals surface area contributed by atoms with Crippen LogP contribution in [0.4, 0.5) is 5.69 Å². The molecule has 0 unspecified atom stereocenters. The Morgan fingerprint density at radius 2 is 2.00 bits per heavy atom. The van der Waals surface area contributed by atoms with E-state index >= 15 is 0 Å². The van der Waals surface area contributed by atoms with Crippen LogP contribution in [0.2, 0.25) is 4.47 Å². The summed E-state index contributed by atoms with van der Waals surface area (Å²) in [6.07, 6.45) is 1.75. The average Bonchev–Trinajstić information content (AvgIpc) is 2.81. The summed E-state index contributed by atoms with van der Waals surface area (Å²) >= 11 is 7.22. The Bertz CT molecular complexity index is 617. The van der Waals surface area contributed by atoms with Crippen LogP contribution in [0.15, 0.2) is 30.5 Å². The molecule has 1 heterocycles. The molecule has 21 heavy (non-hydrogen) atoms. The lowest BCUT2D eigenvalue weighted by Crippen LogP contribution is -2.23. The van der Waals surface area contributed by atoms with E-state index in [2.05, 4.69) is 10.3 Å². The summed E-state index contributed by atoms with van der Waals surface area (Å²) in [6, 6.07) is 7.19. The van der Waals surface area contributed by atoms with Crippen molar-refractivity contribution in [3.05, 3.63) is 45.4 Å². The number of nitrogens with one attached hydrogen (secondary N) is 1. The first kappa shape index (κ1) is 15.8. The molecule has 0 fully saturated rings. The number of carbonyl (C=O) groups is 1. The van der Waals surface area contributed by atoms with Crippen molar-refractivity contribution in [2.75, 3.05) is 5.32 Å². The van der Waals surface area contributed by atoms with Crippen molar-refractivity contribution in [2.45, 2.75) is 32.9 Å². The fourth-order valence-electron chi connectivity index (χ4n) is 1.62. The maximum atomic E-state index is 11.9. The second kappa shape index (κ2) is 6.45. The Morgan fingerprint density at radius 1 is 1.33 bits per heavy atom. The van der Waals surface area contributed by atoms with Gasteiger partial charge in [0.1, 0.15) is 5.60 Å². The maximum absolute atomic E-state index is 11.9. The summed E-state index contributed by atoms with van der Waals surface area (Å²) in [6.45, 7) is 6.19. The van der Waals surface area contributed by atoms with Crippen molar-refractivity contribution < 1.29 is 9.53 Å². The molecule has 112 valence electrons. The minimum Gasteiger partial charge on any atom is -0.456 e. The molecule has 0 atom stereocenters. The quantitative estimate of drug-likeness (QED) is 0.849. The minimum atomic E-state index is -0.487. The second-order valence-corrected chi connectivity index (χ2v) is 7.21. The van der Waals surface area contributed by atoms with Gasteiger partial charge in [-0.25, -0.2) is 9.78 Å². The van der Waals surface area contributed by atoms with Crippen molar-refractivity contribution in [2.24, 2.45) is 0 Å². The molecule has 1 N–H and O–H groups in total. The van der Waals surface area contributed by atoms with Gasteiger partial charge in [0, 0.05) is 16.8 Å². The van der Waals surface area contributed by atoms with Gasteiger partial charge in [0.15, 0.2) is 4.47 Å². The molecule has 0 saturated heterocycles. The van der Waals surface area contributed by atoms with E-state index in [4.69, 9.17) is 16.3 Å². The largest absolute Gasteiger partial charge is 0.456 e. The predicted octanol–water partition coefficient (Wildman–Crippen LogP) is 4.36. The van der Waals surface area contributed by atoms with Crippen molar-refractivity contribution in [1.29, 1.82) is 0 Å². The predicted molar refractivity (Wildman–Crippen MR) is 86.1 cm³/mol. The number of anilines is 1. The van der Waals surface area contributed by atoms with Crippen molar-refractivity contribution >= 4 is 34.6 Å². The first-order valence-electron chi connectivity index (χ1n) is 6.51. The lowest BCUT2D eigenvalue weighted by atomic mass is 10.1. The molecule has 0 bridgehead atoms. The summed E-state index contributed by atoms with van der Waals surface area (Å²) in [7, 11) is 0. The van der Waals surface area contributed by atoms with E-state index in [0.717, 1.165) is 10.6 Å². The highest BCUT2D eigenvalue weighted by Gasteiger charge is 2.17. The van der Waals surface area contributed by atoms with Gasteiger partial charge in [0.2, 0.25) is 0 Å². The van der Waals surface area contributed by atoms with Crippen LogP contribution in [-0.4, -0.2) is 16.6 Å². The summed E-state index contributed by atoms with van der Waals surface area (Å²) < 4.78 is 5.85. The van der Waals surface area contributed by atoms with E-state index in [1.807, 2.05) is 32.9 Å². The monoisotopic (exact) mass is 324 g/mol. The molecule has 0 spiro atoms. The number of carbonyl (C=O) groups excluding carboxylic acids is 1. The molecular formula is C15H17ClN2O2S. The molecule has 1 aromatic carbocycles. The number of esters is 1. The van der Waals surface area contributed by atoms with Gasteiger partial charge in [-0.1, -0.05) is 11.6 Å². The number of hydrogen-bond acceptors (Lipinski definition) is 5. The van der Waals surface area contributed by atoms with E-state index in [-0.39, 0.29) is 5.97 Å². The van der Waals surface area contributed by atoms with Crippen LogP contribution in [0.3, 0.4) is 0 Å². The molecule has 0 aliphatic carbocycles. The van der Waals surface area contributed by atoms with Crippen molar-refractivity contribution in [1.82, 2.24) is 4.98 Å². The molecule has 4 nitrogen and oxygen atoms in total. The van der Waals surface area contributed by atoms with Crippen LogP contribution in [0.5, 0.6) is 0 Å². The molecule has 0 aliphatic rings. The molecule has 0 saturated carbocycles. The SMILES string of the molecule is CC(C)(C)OC(=O)c1ccc(NCc2cnc(Cl)s2)cc1. The zero-order chi connectivity index (χ0) is 15.5. The lowest BCUT2D eigenvalue weighted by Gasteiger charge is -2.19. The van der Waals surface area contributed by atoms with Gasteiger partial charge in [-0.05, 0) is 45.0 Å². The van der Waals surface area contributed by atoms with E-state index in [1.165, 1.54) is 11.3 Å². The fourth-order valence-corrected chi connectivity index (χ4v) is 2.53. The van der Waals surface area contributed by atoms with Gasteiger partial charge in [0.25, 0.3) is 0 Å². The highest BCUT2D eigenvalue weighted by Crippen LogP contribution is 2.20. The summed E-state index contributed by atoms with van der Waals surface area (Å²) in [5.41, 5.74) is 0.975. The summed E-state index contributed by atoms with van der Waals surface area (Å²) in [5.74, 6) is -0.316. The number of benzene rings is 1. The van der Waals surface area contributed by atoms with Gasteiger partial charge >= 0.3 is 5.97 Å². The molecule has 0 radical (unpaired) electrons. The average molecular weight is 325 g/mol. The highest BCUT2D eigenvalue weighted by molar-refractivity contribution is 7.15. The van der Waals surface area contributed by atoms with E-state index in [1.54, 1.807) is 18.3 Å². The Labute approximate surface area is 133 Å². The van der Waals surface area contributed by atoms with Crippen molar-refractivity contribution in [3.63, 3.8) is 0 Å². The maximum Gasteiger partial charge on any atom is 0.338 e. The van der Waals surface area contributed by atoms with Crippen LogP contribution in [0.25, 0.3) is 0 Å². The molecule has 2 rings (SSSR count). The third kappa shape index (κ3) is 5.02. The van der Waals surface area contributed by atoms with Crippen LogP contribution < -0.4 is 5.32 Å². The number of aromatic nitrogens is 1. The number of rotatable bonds is 4. The van der Waals surface area contributed by atoms with E-state index < -0.39 is 5.60 Å². The van der Waals surface area contributed by atoms with Crippen molar-refractivity contribution in [3.8, 4) is 0 Å². The number of hydrogen-bond donors (Lipinski definition) is 1. The van der Waals surface area contributed by atoms with E-state index in [0.29, 0.717) is 16.6 Å².